The van der Waals surface area contributed by atoms with E-state index in [9.17, 15) is 4.79 Å². The molecule has 1 aliphatic rings. The van der Waals surface area contributed by atoms with Gasteiger partial charge in [-0.2, -0.15) is 0 Å². The quantitative estimate of drug-likeness (QED) is 0.844. The van der Waals surface area contributed by atoms with Crippen LogP contribution in [0.1, 0.15) is 22.3 Å². The normalized spacial score (nSPS) is 15.7. The Morgan fingerprint density at radius 2 is 1.52 bits per heavy atom. The Morgan fingerprint density at radius 1 is 0.963 bits per heavy atom. The first-order valence-corrected chi connectivity index (χ1v) is 9.85. The van der Waals surface area contributed by atoms with E-state index in [2.05, 4.69) is 46.3 Å². The van der Waals surface area contributed by atoms with Crippen molar-refractivity contribution < 1.29 is 4.79 Å². The minimum Gasteiger partial charge on any atom is -0.324 e. The zero-order chi connectivity index (χ0) is 19.4. The molecule has 1 amide bonds. The molecule has 2 aromatic rings. The molecule has 27 heavy (non-hydrogen) atoms. The molecule has 2 aromatic carbocycles. The van der Waals surface area contributed by atoms with E-state index in [4.69, 9.17) is 11.6 Å². The number of rotatable bonds is 5. The van der Waals surface area contributed by atoms with Crippen LogP contribution >= 0.6 is 11.6 Å². The molecule has 0 radical (unpaired) electrons. The molecule has 1 N–H and O–H groups in total. The molecule has 0 bridgehead atoms. The summed E-state index contributed by atoms with van der Waals surface area (Å²) in [4.78, 5) is 17.1. The van der Waals surface area contributed by atoms with Crippen molar-refractivity contribution in [2.75, 3.05) is 38.0 Å². The molecule has 1 saturated heterocycles. The van der Waals surface area contributed by atoms with E-state index in [-0.39, 0.29) is 5.91 Å². The van der Waals surface area contributed by atoms with Crippen LogP contribution < -0.4 is 5.32 Å². The van der Waals surface area contributed by atoms with Crippen molar-refractivity contribution in [2.24, 2.45) is 0 Å². The lowest BCUT2D eigenvalue weighted by Gasteiger charge is -2.34. The van der Waals surface area contributed by atoms with Crippen LogP contribution in [0.5, 0.6) is 0 Å². The van der Waals surface area contributed by atoms with Crippen molar-refractivity contribution in [3.63, 3.8) is 0 Å². The number of amides is 1. The largest absolute Gasteiger partial charge is 0.324 e. The highest BCUT2D eigenvalue weighted by atomic mass is 35.5. The number of benzene rings is 2. The molecule has 0 aromatic heterocycles. The van der Waals surface area contributed by atoms with Crippen LogP contribution in [-0.4, -0.2) is 48.4 Å². The second kappa shape index (κ2) is 8.87. The zero-order valence-electron chi connectivity index (χ0n) is 16.4. The van der Waals surface area contributed by atoms with E-state index in [0.29, 0.717) is 6.54 Å². The van der Waals surface area contributed by atoms with Gasteiger partial charge in [0, 0.05) is 43.4 Å². The number of aryl methyl sites for hydroxylation is 3. The number of halogens is 1. The Hall–Kier alpha value is -1.88. The van der Waals surface area contributed by atoms with Crippen LogP contribution in [-0.2, 0) is 11.3 Å². The number of carbonyl (C=O) groups excluding carboxylic acids is 1. The first kappa shape index (κ1) is 19.9. The van der Waals surface area contributed by atoms with Crippen LogP contribution in [0.15, 0.2) is 36.4 Å². The Balaban J connectivity index is 1.47. The molecule has 1 heterocycles. The topological polar surface area (TPSA) is 35.6 Å². The maximum absolute atomic E-state index is 12.5. The van der Waals surface area contributed by atoms with Crippen molar-refractivity contribution >= 4 is 23.2 Å². The van der Waals surface area contributed by atoms with Gasteiger partial charge in [0.1, 0.15) is 0 Å². The van der Waals surface area contributed by atoms with Gasteiger partial charge in [-0.05, 0) is 49.6 Å². The summed E-state index contributed by atoms with van der Waals surface area (Å²) < 4.78 is 0. The van der Waals surface area contributed by atoms with E-state index < -0.39 is 0 Å². The lowest BCUT2D eigenvalue weighted by Crippen LogP contribution is -2.48. The van der Waals surface area contributed by atoms with Crippen molar-refractivity contribution in [2.45, 2.75) is 27.3 Å². The lowest BCUT2D eigenvalue weighted by atomic mass is 10.1. The molecule has 3 rings (SSSR count). The predicted molar refractivity (Wildman–Crippen MR) is 112 cm³/mol. The fourth-order valence-corrected chi connectivity index (χ4v) is 3.84. The van der Waals surface area contributed by atoms with Gasteiger partial charge in [-0.3, -0.25) is 14.6 Å². The molecule has 0 atom stereocenters. The molecule has 144 valence electrons. The fourth-order valence-electron chi connectivity index (χ4n) is 3.71. The van der Waals surface area contributed by atoms with Crippen LogP contribution in [0.4, 0.5) is 5.69 Å². The summed E-state index contributed by atoms with van der Waals surface area (Å²) in [5, 5.41) is 3.87. The molecular formula is C22H28ClN3O. The van der Waals surface area contributed by atoms with E-state index in [1.165, 1.54) is 11.1 Å². The van der Waals surface area contributed by atoms with Gasteiger partial charge < -0.3 is 5.32 Å². The van der Waals surface area contributed by atoms with Gasteiger partial charge in [0.2, 0.25) is 5.91 Å². The highest BCUT2D eigenvalue weighted by molar-refractivity contribution is 6.30. The first-order chi connectivity index (χ1) is 12.9. The van der Waals surface area contributed by atoms with Gasteiger partial charge in [0.05, 0.1) is 6.54 Å². The molecular weight excluding hydrogens is 358 g/mol. The first-order valence-electron chi connectivity index (χ1n) is 9.47. The van der Waals surface area contributed by atoms with E-state index in [0.717, 1.165) is 54.6 Å². The summed E-state index contributed by atoms with van der Waals surface area (Å²) in [7, 11) is 0. The lowest BCUT2D eigenvalue weighted by molar-refractivity contribution is -0.117. The van der Waals surface area contributed by atoms with Crippen molar-refractivity contribution in [1.29, 1.82) is 0 Å². The third-order valence-corrected chi connectivity index (χ3v) is 5.34. The van der Waals surface area contributed by atoms with Crippen LogP contribution in [0.2, 0.25) is 5.02 Å². The SMILES string of the molecule is Cc1cc(C)c(NC(=O)CN2CCN(Cc3ccc(Cl)cc3)CC2)c(C)c1. The number of hydrogen-bond acceptors (Lipinski definition) is 3. The smallest absolute Gasteiger partial charge is 0.238 e. The number of nitrogens with zero attached hydrogens (tertiary/aromatic N) is 2. The minimum absolute atomic E-state index is 0.0659. The Morgan fingerprint density at radius 3 is 2.11 bits per heavy atom. The summed E-state index contributed by atoms with van der Waals surface area (Å²) in [5.74, 6) is 0.0659. The van der Waals surface area contributed by atoms with Crippen LogP contribution in [0.25, 0.3) is 0 Å². The summed E-state index contributed by atoms with van der Waals surface area (Å²) >= 11 is 5.95. The van der Waals surface area contributed by atoms with Gasteiger partial charge in [-0.25, -0.2) is 0 Å². The fraction of sp³-hybridized carbons (Fsp3) is 0.409. The number of nitrogens with one attached hydrogen (secondary N) is 1. The Bertz CT molecular complexity index is 773. The van der Waals surface area contributed by atoms with Gasteiger partial charge in [-0.1, -0.05) is 41.4 Å². The molecule has 5 heteroatoms. The maximum Gasteiger partial charge on any atom is 0.238 e. The van der Waals surface area contributed by atoms with E-state index in [1.807, 2.05) is 26.0 Å². The minimum atomic E-state index is 0.0659. The Labute approximate surface area is 167 Å². The molecule has 0 saturated carbocycles. The van der Waals surface area contributed by atoms with Crippen molar-refractivity contribution in [3.8, 4) is 0 Å². The molecule has 0 spiro atoms. The predicted octanol–water partition coefficient (Wildman–Crippen LogP) is 4.02. The number of piperazine rings is 1. The molecule has 1 fully saturated rings. The molecule has 1 aliphatic heterocycles. The number of carbonyl (C=O) groups is 1. The van der Waals surface area contributed by atoms with Gasteiger partial charge >= 0.3 is 0 Å². The van der Waals surface area contributed by atoms with E-state index >= 15 is 0 Å². The third kappa shape index (κ3) is 5.55. The van der Waals surface area contributed by atoms with Crippen molar-refractivity contribution in [3.05, 3.63) is 63.7 Å². The van der Waals surface area contributed by atoms with Gasteiger partial charge in [0.15, 0.2) is 0 Å². The highest BCUT2D eigenvalue weighted by Crippen LogP contribution is 2.22. The number of hydrogen-bond donors (Lipinski definition) is 1. The molecule has 4 nitrogen and oxygen atoms in total. The van der Waals surface area contributed by atoms with Gasteiger partial charge in [-0.15, -0.1) is 0 Å². The average Bonchev–Trinajstić information content (AvgIpc) is 2.62. The molecule has 0 aliphatic carbocycles. The average molecular weight is 386 g/mol. The highest BCUT2D eigenvalue weighted by Gasteiger charge is 2.19. The second-order valence-corrected chi connectivity index (χ2v) is 7.94. The van der Waals surface area contributed by atoms with E-state index in [1.54, 1.807) is 0 Å². The van der Waals surface area contributed by atoms with Crippen molar-refractivity contribution in [1.82, 2.24) is 9.80 Å². The third-order valence-electron chi connectivity index (χ3n) is 5.09. The summed E-state index contributed by atoms with van der Waals surface area (Å²) in [5.41, 5.74) is 5.69. The Kier molecular flexibility index (Phi) is 6.53. The summed E-state index contributed by atoms with van der Waals surface area (Å²) in [6.45, 7) is 11.3. The number of anilines is 1. The summed E-state index contributed by atoms with van der Waals surface area (Å²) in [6.07, 6.45) is 0. The monoisotopic (exact) mass is 385 g/mol. The van der Waals surface area contributed by atoms with Crippen LogP contribution in [0, 0.1) is 20.8 Å². The standard InChI is InChI=1S/C22H28ClN3O/c1-16-12-17(2)22(18(3)13-16)24-21(27)15-26-10-8-25(9-11-26)14-19-4-6-20(23)7-5-19/h4-7,12-13H,8-11,14-15H2,1-3H3,(H,24,27). The zero-order valence-corrected chi connectivity index (χ0v) is 17.1. The second-order valence-electron chi connectivity index (χ2n) is 7.50. The van der Waals surface area contributed by atoms with Gasteiger partial charge in [0.25, 0.3) is 0 Å². The summed E-state index contributed by atoms with van der Waals surface area (Å²) in [6, 6.07) is 12.2. The van der Waals surface area contributed by atoms with Crippen LogP contribution in [0.3, 0.4) is 0 Å². The molecule has 0 unspecified atom stereocenters. The maximum atomic E-state index is 12.5.